The van der Waals surface area contributed by atoms with Crippen LogP contribution in [0.3, 0.4) is 0 Å². The molecule has 1 unspecified atom stereocenters. The lowest BCUT2D eigenvalue weighted by Crippen LogP contribution is -2.17. The molecule has 0 spiro atoms. The van der Waals surface area contributed by atoms with Gasteiger partial charge in [-0.05, 0) is 35.7 Å². The molecule has 0 radical (unpaired) electrons. The number of para-hydroxylation sites is 1. The van der Waals surface area contributed by atoms with Crippen molar-refractivity contribution in [1.82, 2.24) is 5.32 Å². The van der Waals surface area contributed by atoms with Gasteiger partial charge in [0.2, 0.25) is 0 Å². The first kappa shape index (κ1) is 19.3. The predicted octanol–water partition coefficient (Wildman–Crippen LogP) is 3.09. The van der Waals surface area contributed by atoms with E-state index in [9.17, 15) is 0 Å². The molecule has 9 N–H and O–H groups in total. The molecule has 2 aromatic rings. The smallest absolute Gasteiger partial charge is 0.0653 e. The fourth-order valence-corrected chi connectivity index (χ4v) is 2.84. The fourth-order valence-electron chi connectivity index (χ4n) is 2.84. The van der Waals surface area contributed by atoms with Crippen LogP contribution < -0.4 is 27.8 Å². The minimum Gasteiger partial charge on any atom is -0.398 e. The van der Waals surface area contributed by atoms with Crippen molar-refractivity contribution < 1.29 is 0 Å². The molecule has 0 bridgehead atoms. The van der Waals surface area contributed by atoms with Crippen LogP contribution in [0.5, 0.6) is 0 Å². The Morgan fingerprint density at radius 3 is 2.62 bits per heavy atom. The van der Waals surface area contributed by atoms with Gasteiger partial charge < -0.3 is 33.2 Å². The zero-order valence-corrected chi connectivity index (χ0v) is 15.3. The third-order valence-electron chi connectivity index (χ3n) is 4.22. The quantitative estimate of drug-likeness (QED) is 0.321. The Morgan fingerprint density at radius 1 is 1.19 bits per heavy atom. The predicted molar refractivity (Wildman–Crippen MR) is 112 cm³/mol. The highest BCUT2D eigenvalue weighted by molar-refractivity contribution is 5.87. The first-order valence-electron chi connectivity index (χ1n) is 8.69. The van der Waals surface area contributed by atoms with Gasteiger partial charge in [-0.3, -0.25) is 0 Å². The first-order chi connectivity index (χ1) is 12.5. The van der Waals surface area contributed by atoms with Crippen molar-refractivity contribution >= 4 is 23.3 Å². The molecule has 0 aromatic heterocycles. The molecule has 0 aliphatic heterocycles. The van der Waals surface area contributed by atoms with E-state index in [4.69, 9.17) is 22.6 Å². The summed E-state index contributed by atoms with van der Waals surface area (Å²) in [5.41, 5.74) is 24.3. The Bertz CT molecular complexity index is 797. The fraction of sp³-hybridized carbons (Fsp3) is 0.250. The van der Waals surface area contributed by atoms with Gasteiger partial charge in [0.15, 0.2) is 0 Å². The second kappa shape index (κ2) is 8.92. The number of hydrogen-bond donors (Lipinski definition) is 6. The number of rotatable bonds is 8. The van der Waals surface area contributed by atoms with Crippen molar-refractivity contribution in [1.29, 1.82) is 5.41 Å². The molecule has 0 heterocycles. The maximum Gasteiger partial charge on any atom is 0.0653 e. The largest absolute Gasteiger partial charge is 0.398 e. The molecule has 0 fully saturated rings. The Labute approximate surface area is 155 Å². The lowest BCUT2D eigenvalue weighted by Gasteiger charge is -2.19. The molecule has 0 aliphatic rings. The van der Waals surface area contributed by atoms with Gasteiger partial charge in [0.1, 0.15) is 0 Å². The van der Waals surface area contributed by atoms with E-state index in [1.807, 2.05) is 36.4 Å². The molecule has 6 nitrogen and oxygen atoms in total. The molecule has 26 heavy (non-hydrogen) atoms. The minimum atomic E-state index is -0.493. The number of nitrogen functional groups attached to an aromatic ring is 2. The molecule has 1 atom stereocenters. The topological polar surface area (TPSA) is 126 Å². The molecule has 138 valence electrons. The van der Waals surface area contributed by atoms with E-state index >= 15 is 0 Å². The van der Waals surface area contributed by atoms with Gasteiger partial charge in [0, 0.05) is 42.8 Å². The van der Waals surface area contributed by atoms with E-state index in [1.54, 1.807) is 13.2 Å². The summed E-state index contributed by atoms with van der Waals surface area (Å²) in [4.78, 5) is 0. The summed E-state index contributed by atoms with van der Waals surface area (Å²) in [6.45, 7) is 2.95. The van der Waals surface area contributed by atoms with E-state index in [2.05, 4.69) is 17.6 Å². The van der Waals surface area contributed by atoms with Crippen LogP contribution in [0, 0.1) is 5.41 Å². The molecule has 6 heteroatoms. The van der Waals surface area contributed by atoms with Gasteiger partial charge in [-0.25, -0.2) is 0 Å². The van der Waals surface area contributed by atoms with E-state index in [1.165, 1.54) is 6.21 Å². The summed E-state index contributed by atoms with van der Waals surface area (Å²) >= 11 is 0. The van der Waals surface area contributed by atoms with Crippen molar-refractivity contribution in [3.8, 4) is 11.1 Å². The van der Waals surface area contributed by atoms with Crippen molar-refractivity contribution in [2.75, 3.05) is 30.4 Å². The van der Waals surface area contributed by atoms with E-state index in [0.717, 1.165) is 35.3 Å². The number of hydrogen-bond acceptors (Lipinski definition) is 6. The van der Waals surface area contributed by atoms with Crippen LogP contribution in [0.2, 0.25) is 0 Å². The van der Waals surface area contributed by atoms with Gasteiger partial charge in [-0.2, -0.15) is 0 Å². The van der Waals surface area contributed by atoms with Gasteiger partial charge >= 0.3 is 0 Å². The molecule has 0 saturated heterocycles. The zero-order valence-electron chi connectivity index (χ0n) is 15.3. The van der Waals surface area contributed by atoms with Crippen molar-refractivity contribution in [3.05, 3.63) is 53.7 Å². The minimum absolute atomic E-state index is 0.493. The lowest BCUT2D eigenvalue weighted by atomic mass is 9.94. The highest BCUT2D eigenvalue weighted by Crippen LogP contribution is 2.35. The Morgan fingerprint density at radius 2 is 1.96 bits per heavy atom. The Hall–Kier alpha value is -2.99. The zero-order chi connectivity index (χ0) is 19.1. The Kier molecular flexibility index (Phi) is 6.63. The maximum absolute atomic E-state index is 7.59. The highest BCUT2D eigenvalue weighted by atomic mass is 14.9. The first-order valence-corrected chi connectivity index (χ1v) is 8.69. The number of nitrogens with two attached hydrogens (primary N) is 3. The lowest BCUT2D eigenvalue weighted by molar-refractivity contribution is 0.872. The standard InChI is InChI=1S/C20H28N6/c1-3-9-26-20-15(5-4-6-18(20)23)13-7-8-17(22)16(10-13)19(24)14(11-21)12-25-2/h4-8,10-12,19,21,25-26H,3,9,22-24H2,1-2H3/b14-12+,21-11?. The molecular weight excluding hydrogens is 324 g/mol. The Balaban J connectivity index is 2.52. The number of nitrogens with one attached hydrogen (secondary N) is 3. The van der Waals surface area contributed by atoms with Gasteiger partial charge in [0.05, 0.1) is 17.4 Å². The molecule has 0 aliphatic carbocycles. The van der Waals surface area contributed by atoms with E-state index < -0.39 is 6.04 Å². The normalized spacial score (nSPS) is 12.5. The summed E-state index contributed by atoms with van der Waals surface area (Å²) in [6.07, 6.45) is 3.95. The summed E-state index contributed by atoms with van der Waals surface area (Å²) in [5, 5.41) is 13.9. The van der Waals surface area contributed by atoms with Crippen molar-refractivity contribution in [2.45, 2.75) is 19.4 Å². The number of benzene rings is 2. The molecular formula is C20H28N6. The third-order valence-corrected chi connectivity index (χ3v) is 4.22. The van der Waals surface area contributed by atoms with Crippen LogP contribution in [0.15, 0.2) is 48.2 Å². The van der Waals surface area contributed by atoms with Gasteiger partial charge in [-0.1, -0.05) is 25.1 Å². The summed E-state index contributed by atoms with van der Waals surface area (Å²) in [5.74, 6) is 0. The van der Waals surface area contributed by atoms with Crippen molar-refractivity contribution in [2.24, 2.45) is 5.73 Å². The van der Waals surface area contributed by atoms with Gasteiger partial charge in [0.25, 0.3) is 0 Å². The van der Waals surface area contributed by atoms with Crippen LogP contribution in [-0.2, 0) is 0 Å². The molecule has 0 amide bonds. The average Bonchev–Trinajstić information content (AvgIpc) is 2.65. The third kappa shape index (κ3) is 4.15. The SMILES string of the molecule is CCCNc1c(N)cccc1-c1ccc(N)c(C(N)/C(C=N)=C/NC)c1. The van der Waals surface area contributed by atoms with Gasteiger partial charge in [-0.15, -0.1) is 0 Å². The number of anilines is 3. The second-order valence-corrected chi connectivity index (χ2v) is 6.10. The molecule has 2 aromatic carbocycles. The summed E-state index contributed by atoms with van der Waals surface area (Å²) in [7, 11) is 1.77. The summed E-state index contributed by atoms with van der Waals surface area (Å²) < 4.78 is 0. The second-order valence-electron chi connectivity index (χ2n) is 6.10. The molecule has 2 rings (SSSR count). The molecule has 0 saturated carbocycles. The van der Waals surface area contributed by atoms with Crippen LogP contribution in [0.1, 0.15) is 24.9 Å². The average molecular weight is 352 g/mol. The van der Waals surface area contributed by atoms with E-state index in [-0.39, 0.29) is 0 Å². The van der Waals surface area contributed by atoms with E-state index in [0.29, 0.717) is 16.9 Å². The monoisotopic (exact) mass is 352 g/mol. The van der Waals surface area contributed by atoms with Crippen LogP contribution in [0.25, 0.3) is 11.1 Å². The van der Waals surface area contributed by atoms with Crippen molar-refractivity contribution in [3.63, 3.8) is 0 Å². The van der Waals surface area contributed by atoms with Crippen LogP contribution in [0.4, 0.5) is 17.1 Å². The van der Waals surface area contributed by atoms with Crippen LogP contribution in [-0.4, -0.2) is 19.8 Å². The summed E-state index contributed by atoms with van der Waals surface area (Å²) in [6, 6.07) is 11.1. The van der Waals surface area contributed by atoms with Crippen LogP contribution >= 0.6 is 0 Å². The maximum atomic E-state index is 7.59. The highest BCUT2D eigenvalue weighted by Gasteiger charge is 2.16.